The van der Waals surface area contributed by atoms with Gasteiger partial charge in [-0.25, -0.2) is 0 Å². The number of aliphatic hydroxyl groups excluding tert-OH is 2. The molecule has 3 aromatic carbocycles. The maximum Gasteiger partial charge on any atom is 0.258 e. The Morgan fingerprint density at radius 1 is 0.833 bits per heavy atom. The maximum atomic E-state index is 12.4. The number of nitrogens with one attached hydrogen (secondary N) is 1. The number of nitrogens with zero attached hydrogens (tertiary/aromatic N) is 1. The van der Waals surface area contributed by atoms with Crippen molar-refractivity contribution >= 4 is 28.9 Å². The van der Waals surface area contributed by atoms with Crippen LogP contribution < -0.4 is 16.4 Å². The summed E-state index contributed by atoms with van der Waals surface area (Å²) in [7, 11) is 1.74. The van der Waals surface area contributed by atoms with Gasteiger partial charge < -0.3 is 32.3 Å². The molecular weight excluding hydrogens is 476 g/mol. The second-order valence-corrected chi connectivity index (χ2v) is 9.13. The number of carbonyl (C=O) groups is 1. The first-order valence-corrected chi connectivity index (χ1v) is 12.3. The van der Waals surface area contributed by atoms with Crippen LogP contribution in [0.15, 0.2) is 72.8 Å². The van der Waals surface area contributed by atoms with E-state index in [1.54, 1.807) is 48.3 Å². The van der Waals surface area contributed by atoms with E-state index >= 15 is 0 Å². The normalized spacial score (nSPS) is 12.3. The SMILES string of the molecule is CN(C(=O)c1ccc(Cl)cc1)c1ccc(CC[C@H](N)CO)cc1.[NH-]c1ccc(CC[C@H](N)CO)cc1. The molecule has 0 saturated heterocycles. The fraction of sp³-hybridized carbons (Fsp3) is 0.321. The van der Waals surface area contributed by atoms with Crippen LogP contribution in [-0.2, 0) is 12.8 Å². The second kappa shape index (κ2) is 15.2. The molecule has 0 aromatic heterocycles. The first-order valence-electron chi connectivity index (χ1n) is 11.9. The van der Waals surface area contributed by atoms with Gasteiger partial charge in [0.15, 0.2) is 0 Å². The summed E-state index contributed by atoms with van der Waals surface area (Å²) < 4.78 is 0. The van der Waals surface area contributed by atoms with Gasteiger partial charge in [-0.15, -0.1) is 5.69 Å². The summed E-state index contributed by atoms with van der Waals surface area (Å²) in [6, 6.07) is 21.7. The van der Waals surface area contributed by atoms with Gasteiger partial charge in [0.25, 0.3) is 5.91 Å². The number of hydrogen-bond donors (Lipinski definition) is 4. The summed E-state index contributed by atoms with van der Waals surface area (Å²) in [5.74, 6) is -0.0864. The second-order valence-electron chi connectivity index (χ2n) is 8.70. The number of rotatable bonds is 10. The van der Waals surface area contributed by atoms with Crippen LogP contribution in [-0.4, -0.2) is 48.5 Å². The molecule has 0 unspecified atom stereocenters. The fourth-order valence-corrected chi connectivity index (χ4v) is 3.47. The van der Waals surface area contributed by atoms with E-state index in [0.29, 0.717) is 16.3 Å². The molecule has 0 aliphatic heterocycles. The molecule has 0 aliphatic rings. The van der Waals surface area contributed by atoms with Crippen molar-refractivity contribution in [3.05, 3.63) is 100 Å². The Morgan fingerprint density at radius 2 is 1.28 bits per heavy atom. The van der Waals surface area contributed by atoms with Crippen molar-refractivity contribution in [2.24, 2.45) is 11.5 Å². The van der Waals surface area contributed by atoms with Crippen molar-refractivity contribution in [1.29, 1.82) is 0 Å². The molecule has 2 atom stereocenters. The maximum absolute atomic E-state index is 12.4. The Kier molecular flexibility index (Phi) is 12.4. The van der Waals surface area contributed by atoms with E-state index in [4.69, 9.17) is 39.0 Å². The van der Waals surface area contributed by atoms with Gasteiger partial charge in [-0.05, 0) is 73.2 Å². The zero-order chi connectivity index (χ0) is 26.5. The Hall–Kier alpha value is -2.94. The molecule has 0 saturated carbocycles. The fourth-order valence-electron chi connectivity index (χ4n) is 3.35. The number of anilines is 1. The van der Waals surface area contributed by atoms with E-state index in [9.17, 15) is 4.79 Å². The van der Waals surface area contributed by atoms with Gasteiger partial charge in [0.2, 0.25) is 0 Å². The molecular formula is C28H36ClN4O3-. The first-order chi connectivity index (χ1) is 17.2. The largest absolute Gasteiger partial charge is 0.699 e. The van der Waals surface area contributed by atoms with Gasteiger partial charge in [0.05, 0.1) is 13.2 Å². The summed E-state index contributed by atoms with van der Waals surface area (Å²) >= 11 is 5.84. The number of carbonyl (C=O) groups excluding carboxylic acids is 1. The van der Waals surface area contributed by atoms with E-state index in [0.717, 1.165) is 36.9 Å². The summed E-state index contributed by atoms with van der Waals surface area (Å²) in [5, 5.41) is 18.2. The Bertz CT molecular complexity index is 1040. The molecule has 1 amide bonds. The molecule has 7 N–H and O–H groups in total. The first kappa shape index (κ1) is 29.3. The monoisotopic (exact) mass is 511 g/mol. The minimum absolute atomic E-state index is 0.00356. The van der Waals surface area contributed by atoms with Crippen LogP contribution in [0.2, 0.25) is 5.02 Å². The van der Waals surface area contributed by atoms with E-state index in [-0.39, 0.29) is 31.2 Å². The van der Waals surface area contributed by atoms with Gasteiger partial charge in [0.1, 0.15) is 0 Å². The lowest BCUT2D eigenvalue weighted by Gasteiger charge is -2.18. The van der Waals surface area contributed by atoms with Crippen LogP contribution in [0, 0.1) is 0 Å². The number of benzene rings is 3. The molecule has 0 bridgehead atoms. The molecule has 0 spiro atoms. The van der Waals surface area contributed by atoms with E-state index in [1.807, 2.05) is 36.4 Å². The van der Waals surface area contributed by atoms with Crippen LogP contribution in [0.25, 0.3) is 5.73 Å². The predicted octanol–water partition coefficient (Wildman–Crippen LogP) is 4.49. The van der Waals surface area contributed by atoms with Crippen molar-refractivity contribution in [1.82, 2.24) is 0 Å². The lowest BCUT2D eigenvalue weighted by Crippen LogP contribution is -2.26. The number of aryl methyl sites for hydroxylation is 2. The van der Waals surface area contributed by atoms with Gasteiger partial charge >= 0.3 is 0 Å². The van der Waals surface area contributed by atoms with E-state index in [1.165, 1.54) is 5.56 Å². The highest BCUT2D eigenvalue weighted by molar-refractivity contribution is 6.30. The molecule has 3 rings (SSSR count). The molecule has 36 heavy (non-hydrogen) atoms. The van der Waals surface area contributed by atoms with Gasteiger partial charge in [-0.1, -0.05) is 48.0 Å². The van der Waals surface area contributed by atoms with Crippen LogP contribution >= 0.6 is 11.6 Å². The van der Waals surface area contributed by atoms with Crippen molar-refractivity contribution in [3.8, 4) is 0 Å². The highest BCUT2D eigenvalue weighted by Gasteiger charge is 2.13. The number of halogens is 1. The molecule has 3 aromatic rings. The average Bonchev–Trinajstić information content (AvgIpc) is 2.91. The molecule has 0 heterocycles. The lowest BCUT2D eigenvalue weighted by molar-refractivity contribution is 0.0993. The Balaban J connectivity index is 0.000000297. The predicted molar refractivity (Wildman–Crippen MR) is 148 cm³/mol. The smallest absolute Gasteiger partial charge is 0.258 e. The third-order valence-corrected chi connectivity index (χ3v) is 6.00. The molecule has 0 radical (unpaired) electrons. The molecule has 0 fully saturated rings. The minimum Gasteiger partial charge on any atom is -0.699 e. The Labute approximate surface area is 218 Å². The summed E-state index contributed by atoms with van der Waals surface area (Å²) in [4.78, 5) is 14.0. The number of amides is 1. The molecule has 8 heteroatoms. The van der Waals surface area contributed by atoms with Crippen LogP contribution in [0.1, 0.15) is 34.3 Å². The zero-order valence-electron chi connectivity index (χ0n) is 20.6. The van der Waals surface area contributed by atoms with E-state index < -0.39 is 0 Å². The third kappa shape index (κ3) is 9.97. The zero-order valence-corrected chi connectivity index (χ0v) is 21.4. The van der Waals surface area contributed by atoms with Crippen LogP contribution in [0.4, 0.5) is 11.4 Å². The minimum atomic E-state index is -0.191. The average molecular weight is 512 g/mol. The Morgan fingerprint density at radius 3 is 1.72 bits per heavy atom. The number of aliphatic hydroxyl groups is 2. The molecule has 7 nitrogen and oxygen atoms in total. The molecule has 0 aliphatic carbocycles. The highest BCUT2D eigenvalue weighted by Crippen LogP contribution is 2.19. The summed E-state index contributed by atoms with van der Waals surface area (Å²) in [6.07, 6.45) is 3.18. The van der Waals surface area contributed by atoms with Gasteiger partial charge in [0, 0.05) is 35.4 Å². The third-order valence-electron chi connectivity index (χ3n) is 5.75. The van der Waals surface area contributed by atoms with Crippen molar-refractivity contribution in [2.45, 2.75) is 37.8 Å². The van der Waals surface area contributed by atoms with Crippen molar-refractivity contribution < 1.29 is 15.0 Å². The quantitative estimate of drug-likeness (QED) is 0.318. The van der Waals surface area contributed by atoms with Crippen molar-refractivity contribution in [3.63, 3.8) is 0 Å². The summed E-state index contributed by atoms with van der Waals surface area (Å²) in [5.41, 5.74) is 22.8. The number of hydrogen-bond acceptors (Lipinski definition) is 5. The van der Waals surface area contributed by atoms with E-state index in [2.05, 4.69) is 0 Å². The topological polar surface area (TPSA) is 137 Å². The van der Waals surface area contributed by atoms with Crippen LogP contribution in [0.3, 0.4) is 0 Å². The van der Waals surface area contributed by atoms with Crippen LogP contribution in [0.5, 0.6) is 0 Å². The standard InChI is InChI=1S/C18H21ClN2O2.C10H15N2O/c1-21(18(23)14-5-7-15(19)8-6-14)17-10-3-13(4-11-17)2-9-16(20)12-22;11-9-4-1-8(2-5-9)3-6-10(12)7-13/h3-8,10-11,16,22H,2,9,12,20H2,1H3;1-2,4-5,10-11,13H,3,6-7,12H2/q;-1/t16-;10-/m00/s1. The van der Waals surface area contributed by atoms with Gasteiger partial charge in [-0.2, -0.15) is 0 Å². The molecule has 194 valence electrons. The highest BCUT2D eigenvalue weighted by atomic mass is 35.5. The lowest BCUT2D eigenvalue weighted by atomic mass is 10.1. The summed E-state index contributed by atoms with van der Waals surface area (Å²) in [6.45, 7) is 0.0347. The number of nitrogens with two attached hydrogens (primary N) is 2. The van der Waals surface area contributed by atoms with Gasteiger partial charge in [-0.3, -0.25) is 4.79 Å². The van der Waals surface area contributed by atoms with Crippen molar-refractivity contribution in [2.75, 3.05) is 25.2 Å².